The van der Waals surface area contributed by atoms with Gasteiger partial charge in [-0.05, 0) is 62.9 Å². The Balaban J connectivity index is 1.54. The van der Waals surface area contributed by atoms with Gasteiger partial charge in [0.25, 0.3) is 0 Å². The molecule has 4 nitrogen and oxygen atoms in total. The smallest absolute Gasteiger partial charge is 0.0831 e. The number of aryl methyl sites for hydroxylation is 1. The number of nitrogens with zero attached hydrogens (tertiary/aromatic N) is 4. The molecule has 0 bridgehead atoms. The summed E-state index contributed by atoms with van der Waals surface area (Å²) in [6.07, 6.45) is 10.7. The van der Waals surface area contributed by atoms with E-state index in [2.05, 4.69) is 52.6 Å². The van der Waals surface area contributed by atoms with E-state index in [0.29, 0.717) is 0 Å². The standard InChI is InChI=1S/C19H28N4/c1-2-3-7-18-16-23(21-20-18)19-10-8-17(9-11-19)12-15-22-13-5-4-6-14-22/h8-11,16H,2-7,12-15H2,1H3. The molecule has 23 heavy (non-hydrogen) atoms. The van der Waals surface area contributed by atoms with Crippen molar-refractivity contribution in [3.8, 4) is 5.69 Å². The zero-order valence-corrected chi connectivity index (χ0v) is 14.2. The molecule has 0 atom stereocenters. The predicted octanol–water partition coefficient (Wildman–Crippen LogP) is 3.64. The van der Waals surface area contributed by atoms with Crippen molar-refractivity contribution in [3.63, 3.8) is 0 Å². The van der Waals surface area contributed by atoms with Crippen LogP contribution in [-0.2, 0) is 12.8 Å². The Morgan fingerprint density at radius 2 is 1.78 bits per heavy atom. The van der Waals surface area contributed by atoms with Crippen molar-refractivity contribution in [2.75, 3.05) is 19.6 Å². The van der Waals surface area contributed by atoms with E-state index in [4.69, 9.17) is 0 Å². The van der Waals surface area contributed by atoms with Crippen LogP contribution in [0.4, 0.5) is 0 Å². The van der Waals surface area contributed by atoms with Crippen molar-refractivity contribution in [2.24, 2.45) is 0 Å². The second-order valence-electron chi connectivity index (χ2n) is 6.58. The summed E-state index contributed by atoms with van der Waals surface area (Å²) in [5.74, 6) is 0. The molecule has 0 spiro atoms. The topological polar surface area (TPSA) is 34.0 Å². The lowest BCUT2D eigenvalue weighted by Gasteiger charge is -2.26. The van der Waals surface area contributed by atoms with Gasteiger partial charge in [0.1, 0.15) is 0 Å². The van der Waals surface area contributed by atoms with Gasteiger partial charge >= 0.3 is 0 Å². The van der Waals surface area contributed by atoms with Crippen molar-refractivity contribution in [2.45, 2.75) is 51.9 Å². The van der Waals surface area contributed by atoms with E-state index in [0.717, 1.165) is 24.2 Å². The first-order valence-electron chi connectivity index (χ1n) is 9.08. The molecule has 0 amide bonds. The molecule has 0 unspecified atom stereocenters. The molecular formula is C19H28N4. The van der Waals surface area contributed by atoms with E-state index >= 15 is 0 Å². The molecule has 2 aromatic rings. The summed E-state index contributed by atoms with van der Waals surface area (Å²) < 4.78 is 1.89. The molecule has 4 heteroatoms. The van der Waals surface area contributed by atoms with Gasteiger partial charge in [-0.1, -0.05) is 37.1 Å². The molecule has 0 saturated carbocycles. The fourth-order valence-electron chi connectivity index (χ4n) is 3.18. The lowest BCUT2D eigenvalue weighted by atomic mass is 10.1. The molecule has 1 aliphatic rings. The summed E-state index contributed by atoms with van der Waals surface area (Å²) in [6, 6.07) is 8.77. The number of unbranched alkanes of at least 4 members (excludes halogenated alkanes) is 1. The van der Waals surface area contributed by atoms with Crippen molar-refractivity contribution in [1.82, 2.24) is 19.9 Å². The van der Waals surface area contributed by atoms with Crippen LogP contribution >= 0.6 is 0 Å². The van der Waals surface area contributed by atoms with Crippen LogP contribution in [0.25, 0.3) is 5.69 Å². The molecule has 124 valence electrons. The van der Waals surface area contributed by atoms with Gasteiger partial charge < -0.3 is 4.90 Å². The van der Waals surface area contributed by atoms with Gasteiger partial charge in [0.05, 0.1) is 17.6 Å². The predicted molar refractivity (Wildman–Crippen MR) is 94.0 cm³/mol. The zero-order valence-electron chi connectivity index (χ0n) is 14.2. The number of piperidine rings is 1. The first-order chi connectivity index (χ1) is 11.3. The third-order valence-electron chi connectivity index (χ3n) is 4.69. The Morgan fingerprint density at radius 3 is 2.52 bits per heavy atom. The fraction of sp³-hybridized carbons (Fsp3) is 0.579. The number of aromatic nitrogens is 3. The second-order valence-corrected chi connectivity index (χ2v) is 6.58. The van der Waals surface area contributed by atoms with Crippen LogP contribution in [0, 0.1) is 0 Å². The molecule has 1 fully saturated rings. The molecule has 0 aliphatic carbocycles. The number of rotatable bonds is 7. The summed E-state index contributed by atoms with van der Waals surface area (Å²) in [7, 11) is 0. The first kappa shape index (κ1) is 16.2. The number of hydrogen-bond donors (Lipinski definition) is 0. The van der Waals surface area contributed by atoms with E-state index in [1.165, 1.54) is 57.3 Å². The SMILES string of the molecule is CCCCc1cn(-c2ccc(CCN3CCCCC3)cc2)nn1. The minimum atomic E-state index is 1.02. The summed E-state index contributed by atoms with van der Waals surface area (Å²) in [6.45, 7) is 5.94. The van der Waals surface area contributed by atoms with E-state index in [1.54, 1.807) is 0 Å². The third kappa shape index (κ3) is 4.64. The van der Waals surface area contributed by atoms with Crippen LogP contribution < -0.4 is 0 Å². The highest BCUT2D eigenvalue weighted by Crippen LogP contribution is 2.13. The Bertz CT molecular complexity index is 582. The Labute approximate surface area is 139 Å². The summed E-state index contributed by atoms with van der Waals surface area (Å²) in [5.41, 5.74) is 3.59. The maximum Gasteiger partial charge on any atom is 0.0831 e. The van der Waals surface area contributed by atoms with E-state index in [1.807, 2.05) is 4.68 Å². The Hall–Kier alpha value is -1.68. The van der Waals surface area contributed by atoms with Gasteiger partial charge in [-0.2, -0.15) is 0 Å². The largest absolute Gasteiger partial charge is 0.303 e. The van der Waals surface area contributed by atoms with Crippen LogP contribution in [-0.4, -0.2) is 39.5 Å². The van der Waals surface area contributed by atoms with E-state index < -0.39 is 0 Å². The quantitative estimate of drug-likeness (QED) is 0.783. The molecular weight excluding hydrogens is 284 g/mol. The van der Waals surface area contributed by atoms with Gasteiger partial charge in [-0.15, -0.1) is 5.10 Å². The van der Waals surface area contributed by atoms with Gasteiger partial charge in [0, 0.05) is 6.54 Å². The molecule has 3 rings (SSSR count). The lowest BCUT2D eigenvalue weighted by Crippen LogP contribution is -2.31. The number of hydrogen-bond acceptors (Lipinski definition) is 3. The number of benzene rings is 1. The van der Waals surface area contributed by atoms with Crippen LogP contribution in [0.2, 0.25) is 0 Å². The number of likely N-dealkylation sites (tertiary alicyclic amines) is 1. The molecule has 1 saturated heterocycles. The van der Waals surface area contributed by atoms with Crippen molar-refractivity contribution in [1.29, 1.82) is 0 Å². The monoisotopic (exact) mass is 312 g/mol. The lowest BCUT2D eigenvalue weighted by molar-refractivity contribution is 0.231. The average Bonchev–Trinajstić information content (AvgIpc) is 3.08. The minimum Gasteiger partial charge on any atom is -0.303 e. The Morgan fingerprint density at radius 1 is 1.00 bits per heavy atom. The van der Waals surface area contributed by atoms with Crippen LogP contribution in [0.3, 0.4) is 0 Å². The van der Waals surface area contributed by atoms with Crippen molar-refractivity contribution < 1.29 is 0 Å². The summed E-state index contributed by atoms with van der Waals surface area (Å²) in [4.78, 5) is 2.59. The van der Waals surface area contributed by atoms with Gasteiger partial charge in [0.15, 0.2) is 0 Å². The van der Waals surface area contributed by atoms with Gasteiger partial charge in [-0.3, -0.25) is 0 Å². The summed E-state index contributed by atoms with van der Waals surface area (Å²) >= 11 is 0. The highest BCUT2D eigenvalue weighted by molar-refractivity contribution is 5.34. The third-order valence-corrected chi connectivity index (χ3v) is 4.69. The minimum absolute atomic E-state index is 1.02. The highest BCUT2D eigenvalue weighted by Gasteiger charge is 2.09. The first-order valence-corrected chi connectivity index (χ1v) is 9.08. The zero-order chi connectivity index (χ0) is 15.9. The molecule has 1 aromatic heterocycles. The fourth-order valence-corrected chi connectivity index (χ4v) is 3.18. The molecule has 1 aliphatic heterocycles. The Kier molecular flexibility index (Phi) is 5.81. The highest BCUT2D eigenvalue weighted by atomic mass is 15.4. The van der Waals surface area contributed by atoms with Crippen LogP contribution in [0.15, 0.2) is 30.5 Å². The molecule has 0 N–H and O–H groups in total. The maximum absolute atomic E-state index is 4.26. The maximum atomic E-state index is 4.26. The normalized spacial score (nSPS) is 15.9. The van der Waals surface area contributed by atoms with E-state index in [9.17, 15) is 0 Å². The average molecular weight is 312 g/mol. The second kappa shape index (κ2) is 8.25. The molecule has 0 radical (unpaired) electrons. The molecule has 2 heterocycles. The van der Waals surface area contributed by atoms with Gasteiger partial charge in [0.2, 0.25) is 0 Å². The van der Waals surface area contributed by atoms with Crippen LogP contribution in [0.5, 0.6) is 0 Å². The van der Waals surface area contributed by atoms with Crippen molar-refractivity contribution in [3.05, 3.63) is 41.7 Å². The van der Waals surface area contributed by atoms with Crippen LogP contribution in [0.1, 0.15) is 50.3 Å². The van der Waals surface area contributed by atoms with Crippen molar-refractivity contribution >= 4 is 0 Å². The molecule has 1 aromatic carbocycles. The van der Waals surface area contributed by atoms with E-state index in [-0.39, 0.29) is 0 Å². The van der Waals surface area contributed by atoms with Gasteiger partial charge in [-0.25, -0.2) is 4.68 Å². The summed E-state index contributed by atoms with van der Waals surface area (Å²) in [5, 5.41) is 8.50.